The van der Waals surface area contributed by atoms with Crippen LogP contribution in [-0.4, -0.2) is 51.4 Å². The average Bonchev–Trinajstić information content (AvgIpc) is 2.93. The molecule has 202 valence electrons. The summed E-state index contributed by atoms with van der Waals surface area (Å²) in [5.41, 5.74) is 0.963. The van der Waals surface area contributed by atoms with E-state index in [1.807, 2.05) is 0 Å². The number of likely N-dealkylation sites (N-methyl/N-ethyl adjacent to an activating group) is 1. The summed E-state index contributed by atoms with van der Waals surface area (Å²) in [6, 6.07) is 20.6. The molecule has 0 heterocycles. The van der Waals surface area contributed by atoms with Gasteiger partial charge >= 0.3 is 0 Å². The minimum absolute atomic E-state index is 0.0266. The lowest BCUT2D eigenvalue weighted by Gasteiger charge is -2.33. The van der Waals surface area contributed by atoms with Gasteiger partial charge in [-0.25, -0.2) is 8.42 Å². The van der Waals surface area contributed by atoms with Crippen LogP contribution in [0.2, 0.25) is 5.02 Å². The zero-order valence-electron chi connectivity index (χ0n) is 21.6. The van der Waals surface area contributed by atoms with Crippen LogP contribution in [0.5, 0.6) is 5.75 Å². The van der Waals surface area contributed by atoms with E-state index in [9.17, 15) is 18.0 Å². The second-order valence-corrected chi connectivity index (χ2v) is 10.8. The third-order valence-corrected chi connectivity index (χ3v) is 7.99. The largest absolute Gasteiger partial charge is 0.495 e. The van der Waals surface area contributed by atoms with E-state index in [0.717, 1.165) is 9.87 Å². The van der Waals surface area contributed by atoms with Crippen LogP contribution in [0.4, 0.5) is 5.69 Å². The Bertz CT molecular complexity index is 1330. The highest BCUT2D eigenvalue weighted by molar-refractivity contribution is 7.92. The summed E-state index contributed by atoms with van der Waals surface area (Å²) < 4.78 is 34.1. The van der Waals surface area contributed by atoms with Crippen molar-refractivity contribution in [3.8, 4) is 5.75 Å². The number of benzene rings is 3. The summed E-state index contributed by atoms with van der Waals surface area (Å²) in [6.07, 6.45) is 0.339. The molecule has 38 heavy (non-hydrogen) atoms. The van der Waals surface area contributed by atoms with Crippen LogP contribution in [0.3, 0.4) is 0 Å². The van der Waals surface area contributed by atoms with Gasteiger partial charge in [-0.05, 0) is 55.3 Å². The van der Waals surface area contributed by atoms with Gasteiger partial charge in [0.15, 0.2) is 0 Å². The Morgan fingerprint density at radius 3 is 2.18 bits per heavy atom. The zero-order valence-corrected chi connectivity index (χ0v) is 23.2. The highest BCUT2D eigenvalue weighted by Gasteiger charge is 2.34. The maximum Gasteiger partial charge on any atom is 0.264 e. The standard InChI is InChI=1S/C28H32ClN3O5S/c1-4-24(28(34)30-5-2)31(19-21-15-17-22(29)18-16-21)27(33)20-32(25-13-9-10-14-26(25)37-3)38(35,36)23-11-7-6-8-12-23/h6-18,24H,4-5,19-20H2,1-3H3,(H,30,34)/t24-/m1/s1. The molecule has 0 aliphatic carbocycles. The number of amides is 2. The van der Waals surface area contributed by atoms with Crippen LogP contribution in [0, 0.1) is 0 Å². The van der Waals surface area contributed by atoms with Crippen molar-refractivity contribution < 1.29 is 22.7 Å². The first kappa shape index (κ1) is 29.0. The lowest BCUT2D eigenvalue weighted by Crippen LogP contribution is -2.52. The van der Waals surface area contributed by atoms with Crippen molar-refractivity contribution in [3.05, 3.63) is 89.4 Å². The average molecular weight is 558 g/mol. The molecule has 3 aromatic carbocycles. The third kappa shape index (κ3) is 6.85. The molecule has 10 heteroatoms. The Morgan fingerprint density at radius 1 is 0.947 bits per heavy atom. The number of hydrogen-bond donors (Lipinski definition) is 1. The lowest BCUT2D eigenvalue weighted by molar-refractivity contribution is -0.140. The molecule has 0 saturated carbocycles. The molecule has 1 atom stereocenters. The number of carbonyl (C=O) groups is 2. The van der Waals surface area contributed by atoms with Crippen molar-refractivity contribution in [2.24, 2.45) is 0 Å². The monoisotopic (exact) mass is 557 g/mol. The fourth-order valence-electron chi connectivity index (χ4n) is 4.07. The molecule has 0 spiro atoms. The van der Waals surface area contributed by atoms with Gasteiger partial charge in [0, 0.05) is 18.1 Å². The molecule has 0 radical (unpaired) electrons. The van der Waals surface area contributed by atoms with Crippen LogP contribution < -0.4 is 14.4 Å². The predicted molar refractivity (Wildman–Crippen MR) is 149 cm³/mol. The van der Waals surface area contributed by atoms with Gasteiger partial charge in [0.05, 0.1) is 17.7 Å². The number of para-hydroxylation sites is 2. The number of rotatable bonds is 12. The molecule has 0 aliphatic heterocycles. The molecule has 0 aromatic heterocycles. The Balaban J connectivity index is 2.08. The van der Waals surface area contributed by atoms with E-state index < -0.39 is 28.5 Å². The van der Waals surface area contributed by atoms with E-state index >= 15 is 0 Å². The molecule has 3 aromatic rings. The Hall–Kier alpha value is -3.56. The molecule has 0 unspecified atom stereocenters. The summed E-state index contributed by atoms with van der Waals surface area (Å²) in [4.78, 5) is 28.4. The van der Waals surface area contributed by atoms with Crippen molar-refractivity contribution in [1.82, 2.24) is 10.2 Å². The molecule has 3 rings (SSSR count). The first-order valence-corrected chi connectivity index (χ1v) is 14.1. The molecule has 0 saturated heterocycles. The SMILES string of the molecule is CCNC(=O)[C@@H](CC)N(Cc1ccc(Cl)cc1)C(=O)CN(c1ccccc1OC)S(=O)(=O)c1ccccc1. The first-order valence-electron chi connectivity index (χ1n) is 12.2. The van der Waals surface area contributed by atoms with Crippen LogP contribution in [0.25, 0.3) is 0 Å². The van der Waals surface area contributed by atoms with Gasteiger partial charge in [0.2, 0.25) is 11.8 Å². The highest BCUT2D eigenvalue weighted by atomic mass is 35.5. The van der Waals surface area contributed by atoms with Crippen LogP contribution in [0.1, 0.15) is 25.8 Å². The maximum atomic E-state index is 14.0. The minimum Gasteiger partial charge on any atom is -0.495 e. The summed E-state index contributed by atoms with van der Waals surface area (Å²) in [5.74, 6) is -0.560. The summed E-state index contributed by atoms with van der Waals surface area (Å²) >= 11 is 6.04. The van der Waals surface area contributed by atoms with Gasteiger partial charge in [-0.2, -0.15) is 0 Å². The van der Waals surface area contributed by atoms with Crippen molar-refractivity contribution in [3.63, 3.8) is 0 Å². The van der Waals surface area contributed by atoms with Gasteiger partial charge in [-0.1, -0.05) is 61.0 Å². The van der Waals surface area contributed by atoms with E-state index in [1.165, 1.54) is 24.1 Å². The topological polar surface area (TPSA) is 96.0 Å². The molecular formula is C28H32ClN3O5S. The molecular weight excluding hydrogens is 526 g/mol. The van der Waals surface area contributed by atoms with E-state index in [-0.39, 0.29) is 23.0 Å². The molecule has 1 N–H and O–H groups in total. The van der Waals surface area contributed by atoms with Crippen molar-refractivity contribution in [2.45, 2.75) is 37.8 Å². The van der Waals surface area contributed by atoms with Crippen LogP contribution >= 0.6 is 11.6 Å². The number of methoxy groups -OCH3 is 1. The Morgan fingerprint density at radius 2 is 1.58 bits per heavy atom. The van der Waals surface area contributed by atoms with E-state index in [1.54, 1.807) is 80.6 Å². The number of halogens is 1. The summed E-state index contributed by atoms with van der Waals surface area (Å²) in [5, 5.41) is 3.32. The number of nitrogens with one attached hydrogen (secondary N) is 1. The van der Waals surface area contributed by atoms with Crippen LogP contribution in [-0.2, 0) is 26.2 Å². The smallest absolute Gasteiger partial charge is 0.264 e. The molecule has 0 bridgehead atoms. The Labute approximate surface area is 229 Å². The predicted octanol–water partition coefficient (Wildman–Crippen LogP) is 4.49. The van der Waals surface area contributed by atoms with E-state index in [0.29, 0.717) is 23.7 Å². The molecule has 2 amide bonds. The van der Waals surface area contributed by atoms with E-state index in [2.05, 4.69) is 5.32 Å². The number of nitrogens with zero attached hydrogens (tertiary/aromatic N) is 2. The maximum absolute atomic E-state index is 14.0. The van der Waals surface area contributed by atoms with Gasteiger partial charge in [-0.3, -0.25) is 13.9 Å². The van der Waals surface area contributed by atoms with Gasteiger partial charge in [0.1, 0.15) is 18.3 Å². The van der Waals surface area contributed by atoms with Crippen molar-refractivity contribution in [2.75, 3.05) is 24.5 Å². The van der Waals surface area contributed by atoms with E-state index in [4.69, 9.17) is 16.3 Å². The van der Waals surface area contributed by atoms with Crippen molar-refractivity contribution >= 4 is 39.1 Å². The number of hydrogen-bond acceptors (Lipinski definition) is 5. The normalized spacial score (nSPS) is 11.9. The second-order valence-electron chi connectivity index (χ2n) is 8.46. The second kappa shape index (κ2) is 13.3. The first-order chi connectivity index (χ1) is 18.2. The quantitative estimate of drug-likeness (QED) is 0.354. The number of sulfonamides is 1. The van der Waals surface area contributed by atoms with Gasteiger partial charge in [0.25, 0.3) is 10.0 Å². The van der Waals surface area contributed by atoms with Crippen LogP contribution in [0.15, 0.2) is 83.8 Å². The third-order valence-electron chi connectivity index (χ3n) is 5.97. The van der Waals surface area contributed by atoms with Gasteiger partial charge < -0.3 is 15.0 Å². The molecule has 0 fully saturated rings. The summed E-state index contributed by atoms with van der Waals surface area (Å²) in [6.45, 7) is 3.55. The van der Waals surface area contributed by atoms with Crippen molar-refractivity contribution in [1.29, 1.82) is 0 Å². The highest BCUT2D eigenvalue weighted by Crippen LogP contribution is 2.32. The number of anilines is 1. The Kier molecular flexibility index (Phi) is 10.2. The van der Waals surface area contributed by atoms with Gasteiger partial charge in [-0.15, -0.1) is 0 Å². The number of ether oxygens (including phenoxy) is 1. The fraction of sp³-hybridized carbons (Fsp3) is 0.286. The minimum atomic E-state index is -4.17. The molecule has 8 nitrogen and oxygen atoms in total. The lowest BCUT2D eigenvalue weighted by atomic mass is 10.1. The zero-order chi connectivity index (χ0) is 27.7. The number of carbonyl (C=O) groups excluding carboxylic acids is 2. The summed E-state index contributed by atoms with van der Waals surface area (Å²) in [7, 11) is -2.74. The fourth-order valence-corrected chi connectivity index (χ4v) is 5.64. The molecule has 0 aliphatic rings.